The number of amides is 2. The minimum Gasteiger partial charge on any atom is -0.481 e. The topological polar surface area (TPSA) is 95.9 Å². The number of nitrogens with one attached hydrogen (secondary N) is 1. The number of benzene rings is 2. The first-order valence-electron chi connectivity index (χ1n) is 12.0. The lowest BCUT2D eigenvalue weighted by atomic mass is 9.95. The molecule has 4 atom stereocenters. The molecule has 2 N–H and O–H groups in total. The second-order valence-electron chi connectivity index (χ2n) is 9.89. The smallest absolute Gasteiger partial charge is 0.407 e. The molecule has 1 aliphatic heterocycles. The van der Waals surface area contributed by atoms with Crippen LogP contribution in [0.4, 0.5) is 4.79 Å². The number of alkyl carbamates (subject to hydrolysis) is 1. The molecule has 0 spiro atoms. The van der Waals surface area contributed by atoms with Crippen molar-refractivity contribution in [3.05, 3.63) is 59.7 Å². The molecule has 1 heterocycles. The molecule has 2 fully saturated rings. The number of carboxylic acids is 1. The number of carboxylic acid groups (broad SMARTS) is 1. The first kappa shape index (κ1) is 22.4. The molecule has 34 heavy (non-hydrogen) atoms. The highest BCUT2D eigenvalue weighted by Gasteiger charge is 2.47. The van der Waals surface area contributed by atoms with Crippen molar-refractivity contribution >= 4 is 18.0 Å². The predicted octanol–water partition coefficient (Wildman–Crippen LogP) is 3.73. The molecule has 2 amide bonds. The highest BCUT2D eigenvalue weighted by molar-refractivity contribution is 5.82. The van der Waals surface area contributed by atoms with Crippen LogP contribution in [0.2, 0.25) is 0 Å². The van der Waals surface area contributed by atoms with Crippen LogP contribution in [0.3, 0.4) is 0 Å². The molecule has 0 aromatic heterocycles. The van der Waals surface area contributed by atoms with Crippen molar-refractivity contribution in [2.75, 3.05) is 26.2 Å². The quantitative estimate of drug-likeness (QED) is 0.654. The summed E-state index contributed by atoms with van der Waals surface area (Å²) in [6.45, 7) is 3.80. The van der Waals surface area contributed by atoms with E-state index in [9.17, 15) is 14.4 Å². The zero-order valence-corrected chi connectivity index (χ0v) is 19.3. The van der Waals surface area contributed by atoms with Crippen LogP contribution in [0.15, 0.2) is 48.5 Å². The standard InChI is InChI=1S/C27H30N2O5/c1-16-13-29(14-18(16)11-25(30)31)26(32)23-10-17(23)12-28-27(33)34-15-24-21-8-4-2-6-19(21)20-7-3-5-9-22(20)24/h2-9,16-18,23-24H,10-15H2,1H3,(H,28,33)(H,30,31)/t16-,17+,18-,23+/m1/s1. The Morgan fingerprint density at radius 1 is 1.00 bits per heavy atom. The van der Waals surface area contributed by atoms with Gasteiger partial charge in [-0.1, -0.05) is 55.5 Å². The number of hydrogen-bond donors (Lipinski definition) is 2. The molecule has 1 saturated carbocycles. The van der Waals surface area contributed by atoms with Crippen molar-refractivity contribution < 1.29 is 24.2 Å². The molecule has 5 rings (SSSR count). The molecule has 2 aliphatic carbocycles. The zero-order chi connectivity index (χ0) is 23.8. The zero-order valence-electron chi connectivity index (χ0n) is 19.3. The van der Waals surface area contributed by atoms with E-state index >= 15 is 0 Å². The largest absolute Gasteiger partial charge is 0.481 e. The van der Waals surface area contributed by atoms with Gasteiger partial charge in [0, 0.05) is 31.5 Å². The Morgan fingerprint density at radius 2 is 1.65 bits per heavy atom. The lowest BCUT2D eigenvalue weighted by Gasteiger charge is -2.16. The molecule has 0 bridgehead atoms. The molecule has 0 unspecified atom stereocenters. The molecule has 0 radical (unpaired) electrons. The summed E-state index contributed by atoms with van der Waals surface area (Å²) in [5.41, 5.74) is 4.72. The molecule has 2 aromatic rings. The summed E-state index contributed by atoms with van der Waals surface area (Å²) in [5.74, 6) is -0.494. The van der Waals surface area contributed by atoms with Gasteiger partial charge in [0.05, 0.1) is 6.42 Å². The number of likely N-dealkylation sites (tertiary alicyclic amines) is 1. The maximum Gasteiger partial charge on any atom is 0.407 e. The fraction of sp³-hybridized carbons (Fsp3) is 0.444. The first-order valence-corrected chi connectivity index (χ1v) is 12.0. The van der Waals surface area contributed by atoms with E-state index in [0.717, 1.165) is 6.42 Å². The van der Waals surface area contributed by atoms with Crippen LogP contribution in [0.1, 0.15) is 36.8 Å². The van der Waals surface area contributed by atoms with Gasteiger partial charge in [-0.05, 0) is 46.4 Å². The van der Waals surface area contributed by atoms with Gasteiger partial charge in [-0.15, -0.1) is 0 Å². The van der Waals surface area contributed by atoms with E-state index in [0.29, 0.717) is 19.6 Å². The summed E-state index contributed by atoms with van der Waals surface area (Å²) in [6, 6.07) is 16.4. The van der Waals surface area contributed by atoms with E-state index in [4.69, 9.17) is 9.84 Å². The molecule has 1 saturated heterocycles. The van der Waals surface area contributed by atoms with Crippen molar-refractivity contribution in [3.63, 3.8) is 0 Å². The van der Waals surface area contributed by atoms with Crippen LogP contribution < -0.4 is 5.32 Å². The maximum absolute atomic E-state index is 12.8. The van der Waals surface area contributed by atoms with Crippen LogP contribution in [-0.2, 0) is 14.3 Å². The Morgan fingerprint density at radius 3 is 2.29 bits per heavy atom. The summed E-state index contributed by atoms with van der Waals surface area (Å²) >= 11 is 0. The fourth-order valence-electron chi connectivity index (χ4n) is 5.58. The number of ether oxygens (including phenoxy) is 1. The van der Waals surface area contributed by atoms with E-state index in [1.807, 2.05) is 31.2 Å². The van der Waals surface area contributed by atoms with Crippen molar-refractivity contribution in [3.8, 4) is 11.1 Å². The minimum absolute atomic E-state index is 0.0117. The van der Waals surface area contributed by atoms with Gasteiger partial charge in [0.15, 0.2) is 0 Å². The number of aliphatic carboxylic acids is 1. The molecule has 178 valence electrons. The summed E-state index contributed by atoms with van der Waals surface area (Å²) in [4.78, 5) is 38.0. The van der Waals surface area contributed by atoms with Gasteiger partial charge in [-0.2, -0.15) is 0 Å². The maximum atomic E-state index is 12.8. The Labute approximate surface area is 199 Å². The normalized spacial score (nSPS) is 24.9. The highest BCUT2D eigenvalue weighted by atomic mass is 16.5. The second kappa shape index (κ2) is 9.12. The van der Waals surface area contributed by atoms with Crippen LogP contribution >= 0.6 is 0 Å². The number of hydrogen-bond acceptors (Lipinski definition) is 4. The number of fused-ring (bicyclic) bond motifs is 3. The van der Waals surface area contributed by atoms with Crippen molar-refractivity contribution in [1.82, 2.24) is 10.2 Å². The Hall–Kier alpha value is -3.35. The second-order valence-corrected chi connectivity index (χ2v) is 9.89. The minimum atomic E-state index is -0.817. The molecule has 7 nitrogen and oxygen atoms in total. The van der Waals surface area contributed by atoms with Gasteiger partial charge in [0.2, 0.25) is 5.91 Å². The van der Waals surface area contributed by atoms with Crippen LogP contribution in [0.25, 0.3) is 11.1 Å². The van der Waals surface area contributed by atoms with E-state index in [1.165, 1.54) is 22.3 Å². The van der Waals surface area contributed by atoms with Gasteiger partial charge in [0.25, 0.3) is 0 Å². The third kappa shape index (κ3) is 4.39. The molecule has 2 aromatic carbocycles. The summed E-state index contributed by atoms with van der Waals surface area (Å²) in [7, 11) is 0. The average molecular weight is 463 g/mol. The number of carbonyl (C=O) groups is 3. The number of rotatable bonds is 7. The monoisotopic (exact) mass is 462 g/mol. The van der Waals surface area contributed by atoms with Crippen molar-refractivity contribution in [2.45, 2.75) is 25.7 Å². The molecule has 7 heteroatoms. The van der Waals surface area contributed by atoms with Gasteiger partial charge >= 0.3 is 12.1 Å². The Bertz CT molecular complexity index is 1070. The average Bonchev–Trinajstić information content (AvgIpc) is 3.42. The predicted molar refractivity (Wildman–Crippen MR) is 126 cm³/mol. The van der Waals surface area contributed by atoms with E-state index in [2.05, 4.69) is 29.6 Å². The van der Waals surface area contributed by atoms with Gasteiger partial charge < -0.3 is 20.1 Å². The van der Waals surface area contributed by atoms with Gasteiger partial charge in [-0.3, -0.25) is 9.59 Å². The first-order chi connectivity index (χ1) is 16.4. The van der Waals surface area contributed by atoms with Crippen LogP contribution in [-0.4, -0.2) is 54.2 Å². The van der Waals surface area contributed by atoms with Crippen molar-refractivity contribution in [2.24, 2.45) is 23.7 Å². The molecular formula is C27H30N2O5. The van der Waals surface area contributed by atoms with E-state index in [-0.39, 0.29) is 48.5 Å². The van der Waals surface area contributed by atoms with E-state index in [1.54, 1.807) is 4.90 Å². The fourth-order valence-corrected chi connectivity index (χ4v) is 5.58. The van der Waals surface area contributed by atoms with Crippen molar-refractivity contribution in [1.29, 1.82) is 0 Å². The Balaban J connectivity index is 1.09. The number of nitrogens with zero attached hydrogens (tertiary/aromatic N) is 1. The molecular weight excluding hydrogens is 432 g/mol. The third-order valence-electron chi connectivity index (χ3n) is 7.61. The SMILES string of the molecule is C[C@@H]1CN(C(=O)[C@H]2C[C@H]2CNC(=O)OCC2c3ccccc3-c3ccccc32)C[C@H]1CC(=O)O. The molecule has 3 aliphatic rings. The summed E-state index contributed by atoms with van der Waals surface area (Å²) < 4.78 is 5.58. The summed E-state index contributed by atoms with van der Waals surface area (Å²) in [5, 5.41) is 11.9. The van der Waals surface area contributed by atoms with Gasteiger partial charge in [0.1, 0.15) is 6.61 Å². The van der Waals surface area contributed by atoms with E-state index < -0.39 is 12.1 Å². The van der Waals surface area contributed by atoms with Gasteiger partial charge in [-0.25, -0.2) is 4.79 Å². The highest BCUT2D eigenvalue weighted by Crippen LogP contribution is 2.44. The summed E-state index contributed by atoms with van der Waals surface area (Å²) in [6.07, 6.45) is 0.385. The lowest BCUT2D eigenvalue weighted by Crippen LogP contribution is -2.33. The Kier molecular flexibility index (Phi) is 6.02. The lowest BCUT2D eigenvalue weighted by molar-refractivity contribution is -0.138. The van der Waals surface area contributed by atoms with Crippen LogP contribution in [0.5, 0.6) is 0 Å². The van der Waals surface area contributed by atoms with Crippen LogP contribution in [0, 0.1) is 23.7 Å². The third-order valence-corrected chi connectivity index (χ3v) is 7.61. The number of carbonyl (C=O) groups excluding carboxylic acids is 2.